The molecule has 0 unspecified atom stereocenters. The summed E-state index contributed by atoms with van der Waals surface area (Å²) in [5.41, 5.74) is 0.327. The molecule has 0 aliphatic carbocycles. The first-order chi connectivity index (χ1) is 7.59. The molecule has 2 aromatic rings. The van der Waals surface area contributed by atoms with Crippen LogP contribution in [0, 0.1) is 0 Å². The predicted molar refractivity (Wildman–Crippen MR) is 60.9 cm³/mol. The van der Waals surface area contributed by atoms with Gasteiger partial charge in [0.1, 0.15) is 4.88 Å². The molecule has 0 aliphatic heterocycles. The van der Waals surface area contributed by atoms with Crippen LogP contribution in [0.2, 0.25) is 0 Å². The van der Waals surface area contributed by atoms with E-state index in [-0.39, 0.29) is 10.8 Å². The Morgan fingerprint density at radius 2 is 2.25 bits per heavy atom. The second-order valence-corrected chi connectivity index (χ2v) is 4.22. The van der Waals surface area contributed by atoms with Crippen molar-refractivity contribution in [3.05, 3.63) is 23.3 Å². The lowest BCUT2D eigenvalue weighted by Crippen LogP contribution is -2.08. The average Bonchev–Trinajstić information content (AvgIpc) is 2.57. The Bertz CT molecular complexity index is 576. The molecule has 0 aliphatic rings. The molecule has 0 radical (unpaired) electrons. The van der Waals surface area contributed by atoms with Gasteiger partial charge < -0.3 is 10.4 Å². The molecule has 0 atom stereocenters. The Morgan fingerprint density at radius 3 is 2.88 bits per heavy atom. The van der Waals surface area contributed by atoms with Crippen LogP contribution in [0.15, 0.2) is 18.5 Å². The van der Waals surface area contributed by atoms with Crippen molar-refractivity contribution in [2.75, 3.05) is 5.32 Å². The standard InChI is InChI=1S/C10H8N2O3S/c1-5(13)12-8-6-4-11-3-2-7(6)16-9(8)10(14)15/h2-4H,1H3,(H,12,13)(H,14,15). The first-order valence-corrected chi connectivity index (χ1v) is 5.28. The van der Waals surface area contributed by atoms with E-state index in [0.29, 0.717) is 11.1 Å². The Labute approximate surface area is 94.7 Å². The van der Waals surface area contributed by atoms with Gasteiger partial charge in [0.05, 0.1) is 5.69 Å². The number of aromatic nitrogens is 1. The number of hydrogen-bond acceptors (Lipinski definition) is 4. The van der Waals surface area contributed by atoms with Gasteiger partial charge in [-0.1, -0.05) is 0 Å². The van der Waals surface area contributed by atoms with Crippen LogP contribution in [-0.2, 0) is 4.79 Å². The topological polar surface area (TPSA) is 79.3 Å². The van der Waals surface area contributed by atoms with Gasteiger partial charge in [-0.2, -0.15) is 0 Å². The zero-order valence-corrected chi connectivity index (χ0v) is 9.17. The van der Waals surface area contributed by atoms with Crippen molar-refractivity contribution in [2.24, 2.45) is 0 Å². The third-order valence-electron chi connectivity index (χ3n) is 1.98. The number of hydrogen-bond donors (Lipinski definition) is 2. The number of carboxylic acids is 1. The number of thiophene rings is 1. The summed E-state index contributed by atoms with van der Waals surface area (Å²) in [6, 6.07) is 1.72. The number of nitrogens with zero attached hydrogens (tertiary/aromatic N) is 1. The number of amides is 1. The summed E-state index contributed by atoms with van der Waals surface area (Å²) in [7, 11) is 0. The van der Waals surface area contributed by atoms with Crippen LogP contribution in [0.4, 0.5) is 5.69 Å². The van der Waals surface area contributed by atoms with Crippen LogP contribution in [-0.4, -0.2) is 22.0 Å². The van der Waals surface area contributed by atoms with E-state index < -0.39 is 5.97 Å². The van der Waals surface area contributed by atoms with E-state index >= 15 is 0 Å². The van der Waals surface area contributed by atoms with Crippen molar-refractivity contribution in [3.8, 4) is 0 Å². The minimum absolute atomic E-state index is 0.123. The molecule has 6 heteroatoms. The Hall–Kier alpha value is -1.95. The molecule has 5 nitrogen and oxygen atoms in total. The number of pyridine rings is 1. The van der Waals surface area contributed by atoms with Crippen molar-refractivity contribution in [1.82, 2.24) is 4.98 Å². The molecule has 2 heterocycles. The lowest BCUT2D eigenvalue weighted by molar-refractivity contribution is -0.114. The molecule has 2 rings (SSSR count). The fourth-order valence-corrected chi connectivity index (χ4v) is 2.36. The summed E-state index contributed by atoms with van der Waals surface area (Å²) in [5.74, 6) is -1.35. The monoisotopic (exact) mass is 236 g/mol. The summed E-state index contributed by atoms with van der Waals surface area (Å²) in [5, 5.41) is 12.2. The first-order valence-electron chi connectivity index (χ1n) is 4.47. The van der Waals surface area contributed by atoms with E-state index in [1.54, 1.807) is 18.5 Å². The van der Waals surface area contributed by atoms with E-state index in [4.69, 9.17) is 5.11 Å². The largest absolute Gasteiger partial charge is 0.477 e. The molecule has 0 fully saturated rings. The highest BCUT2D eigenvalue weighted by Crippen LogP contribution is 2.35. The molecular weight excluding hydrogens is 228 g/mol. The normalized spacial score (nSPS) is 10.3. The summed E-state index contributed by atoms with van der Waals surface area (Å²) in [6.07, 6.45) is 3.13. The van der Waals surface area contributed by atoms with E-state index in [0.717, 1.165) is 16.0 Å². The van der Waals surface area contributed by atoms with Crippen LogP contribution in [0.3, 0.4) is 0 Å². The molecule has 0 spiro atoms. The SMILES string of the molecule is CC(=O)Nc1c(C(=O)O)sc2ccncc12. The fourth-order valence-electron chi connectivity index (χ4n) is 1.39. The molecule has 0 aromatic carbocycles. The second-order valence-electron chi connectivity index (χ2n) is 3.16. The molecule has 1 amide bonds. The molecule has 0 saturated carbocycles. The first kappa shape index (κ1) is 10.6. The van der Waals surface area contributed by atoms with E-state index in [1.165, 1.54) is 6.92 Å². The fraction of sp³-hybridized carbons (Fsp3) is 0.100. The van der Waals surface area contributed by atoms with Gasteiger partial charge in [0.15, 0.2) is 0 Å². The third kappa shape index (κ3) is 1.74. The highest BCUT2D eigenvalue weighted by Gasteiger charge is 2.18. The number of carbonyl (C=O) groups excluding carboxylic acids is 1. The summed E-state index contributed by atoms with van der Waals surface area (Å²) in [4.78, 5) is 26.1. The highest BCUT2D eigenvalue weighted by atomic mass is 32.1. The lowest BCUT2D eigenvalue weighted by atomic mass is 10.2. The van der Waals surface area contributed by atoms with Crippen molar-refractivity contribution in [1.29, 1.82) is 0 Å². The number of fused-ring (bicyclic) bond motifs is 1. The van der Waals surface area contributed by atoms with Crippen molar-refractivity contribution in [3.63, 3.8) is 0 Å². The molecule has 0 bridgehead atoms. The number of anilines is 1. The van der Waals surface area contributed by atoms with Crippen molar-refractivity contribution in [2.45, 2.75) is 6.92 Å². The zero-order chi connectivity index (χ0) is 11.7. The molecular formula is C10H8N2O3S. The van der Waals surface area contributed by atoms with Crippen LogP contribution >= 0.6 is 11.3 Å². The predicted octanol–water partition coefficient (Wildman–Crippen LogP) is 1.95. The molecule has 0 saturated heterocycles. The molecule has 16 heavy (non-hydrogen) atoms. The van der Waals surface area contributed by atoms with E-state index in [1.807, 2.05) is 0 Å². The van der Waals surface area contributed by atoms with Crippen LogP contribution < -0.4 is 5.32 Å². The van der Waals surface area contributed by atoms with Crippen LogP contribution in [0.25, 0.3) is 10.1 Å². The van der Waals surface area contributed by atoms with Gasteiger partial charge >= 0.3 is 5.97 Å². The minimum atomic E-state index is -1.05. The molecule has 82 valence electrons. The van der Waals surface area contributed by atoms with Gasteiger partial charge in [0.2, 0.25) is 5.91 Å². The quantitative estimate of drug-likeness (QED) is 0.835. The Kier molecular flexibility index (Phi) is 2.57. The molecule has 2 aromatic heterocycles. The number of rotatable bonds is 2. The van der Waals surface area contributed by atoms with Crippen LogP contribution in [0.5, 0.6) is 0 Å². The van der Waals surface area contributed by atoms with Gasteiger partial charge in [-0.05, 0) is 6.07 Å². The zero-order valence-electron chi connectivity index (χ0n) is 8.35. The maximum absolute atomic E-state index is 11.0. The van der Waals surface area contributed by atoms with Crippen LogP contribution in [0.1, 0.15) is 16.6 Å². The van der Waals surface area contributed by atoms with Gasteiger partial charge in [0, 0.05) is 29.4 Å². The number of nitrogens with one attached hydrogen (secondary N) is 1. The van der Waals surface area contributed by atoms with E-state index in [9.17, 15) is 9.59 Å². The number of carboxylic acid groups (broad SMARTS) is 1. The molecule has 2 N–H and O–H groups in total. The summed E-state index contributed by atoms with van der Waals surface area (Å²) >= 11 is 1.12. The van der Waals surface area contributed by atoms with Gasteiger partial charge in [-0.25, -0.2) is 4.79 Å². The second kappa shape index (κ2) is 3.90. The maximum atomic E-state index is 11.0. The number of carbonyl (C=O) groups is 2. The Morgan fingerprint density at radius 1 is 1.50 bits per heavy atom. The summed E-state index contributed by atoms with van der Waals surface area (Å²) < 4.78 is 0.788. The lowest BCUT2D eigenvalue weighted by Gasteiger charge is -2.01. The minimum Gasteiger partial charge on any atom is -0.477 e. The average molecular weight is 236 g/mol. The van der Waals surface area contributed by atoms with Gasteiger partial charge in [-0.15, -0.1) is 11.3 Å². The van der Waals surface area contributed by atoms with Crippen molar-refractivity contribution < 1.29 is 14.7 Å². The van der Waals surface area contributed by atoms with E-state index in [2.05, 4.69) is 10.3 Å². The third-order valence-corrected chi connectivity index (χ3v) is 3.14. The maximum Gasteiger partial charge on any atom is 0.348 e. The van der Waals surface area contributed by atoms with Gasteiger partial charge in [-0.3, -0.25) is 9.78 Å². The smallest absolute Gasteiger partial charge is 0.348 e. The number of aromatic carboxylic acids is 1. The highest BCUT2D eigenvalue weighted by molar-refractivity contribution is 7.21. The van der Waals surface area contributed by atoms with Gasteiger partial charge in [0.25, 0.3) is 0 Å². The van der Waals surface area contributed by atoms with Crippen molar-refractivity contribution >= 4 is 39.0 Å². The Balaban J connectivity index is 2.69. The summed E-state index contributed by atoms with van der Waals surface area (Å²) in [6.45, 7) is 1.34.